The topological polar surface area (TPSA) is 122 Å². The predicted octanol–water partition coefficient (Wildman–Crippen LogP) is 2.26. The van der Waals surface area contributed by atoms with Crippen LogP contribution in [0, 0.1) is 0 Å². The van der Waals surface area contributed by atoms with Crippen LogP contribution in [0.1, 0.15) is 5.56 Å². The molecular formula is C26H27ClN8O2. The smallest absolute Gasteiger partial charge is 0.250 e. The molecule has 1 saturated heterocycles. The van der Waals surface area contributed by atoms with Gasteiger partial charge in [-0.3, -0.25) is 19.5 Å². The van der Waals surface area contributed by atoms with E-state index in [9.17, 15) is 9.59 Å². The van der Waals surface area contributed by atoms with Gasteiger partial charge in [0.15, 0.2) is 0 Å². The minimum Gasteiger partial charge on any atom is -0.369 e. The number of rotatable bonds is 7. The van der Waals surface area contributed by atoms with Crippen LogP contribution in [0.4, 0.5) is 11.8 Å². The number of aromatic nitrogens is 4. The zero-order valence-electron chi connectivity index (χ0n) is 20.4. The van der Waals surface area contributed by atoms with Gasteiger partial charge in [-0.15, -0.1) is 0 Å². The van der Waals surface area contributed by atoms with Crippen LogP contribution in [0.15, 0.2) is 59.8 Å². The van der Waals surface area contributed by atoms with Gasteiger partial charge in [0.05, 0.1) is 17.1 Å². The van der Waals surface area contributed by atoms with Crippen molar-refractivity contribution in [2.24, 2.45) is 12.8 Å². The monoisotopic (exact) mass is 518 g/mol. The maximum atomic E-state index is 11.9. The largest absolute Gasteiger partial charge is 0.369 e. The second-order valence-corrected chi connectivity index (χ2v) is 9.50. The Kier molecular flexibility index (Phi) is 7.02. The second-order valence-electron chi connectivity index (χ2n) is 9.07. The fourth-order valence-electron chi connectivity index (χ4n) is 4.40. The average Bonchev–Trinajstić information content (AvgIpc) is 2.88. The lowest BCUT2D eigenvalue weighted by Gasteiger charge is -2.34. The molecule has 1 fully saturated rings. The summed E-state index contributed by atoms with van der Waals surface area (Å²) in [7, 11) is 1.73. The molecule has 4 heterocycles. The number of nitrogens with two attached hydrogens (primary N) is 1. The number of halogens is 1. The Morgan fingerprint density at radius 1 is 1.05 bits per heavy atom. The first-order chi connectivity index (χ1) is 17.9. The maximum absolute atomic E-state index is 11.9. The highest BCUT2D eigenvalue weighted by molar-refractivity contribution is 6.30. The zero-order chi connectivity index (χ0) is 25.9. The van der Waals surface area contributed by atoms with Crippen molar-refractivity contribution in [1.29, 1.82) is 0 Å². The van der Waals surface area contributed by atoms with Crippen molar-refractivity contribution in [1.82, 2.24) is 24.4 Å². The van der Waals surface area contributed by atoms with Crippen molar-refractivity contribution in [3.05, 3.63) is 75.9 Å². The molecule has 1 amide bonds. The standard InChI is InChI=1S/C26H27ClN8O2/c1-33-15-19(3-5-24(33)37)18-2-4-22-21(11-18)25(30-13-17-10-20(27)14-29-12-17)32-26(31-22)35-8-6-34(7-9-35)16-23(28)36/h2-5,10-12,14-15H,6-9,13,16H2,1H3,(H2,28,36)(H,30,31,32). The fraction of sp³-hybridized carbons (Fsp3) is 0.269. The van der Waals surface area contributed by atoms with Crippen molar-refractivity contribution in [3.8, 4) is 11.1 Å². The number of piperazine rings is 1. The van der Waals surface area contributed by atoms with Crippen molar-refractivity contribution >= 4 is 40.2 Å². The van der Waals surface area contributed by atoms with Gasteiger partial charge in [0, 0.05) is 69.8 Å². The third-order valence-electron chi connectivity index (χ3n) is 6.36. The van der Waals surface area contributed by atoms with Crippen molar-refractivity contribution in [2.75, 3.05) is 42.9 Å². The van der Waals surface area contributed by atoms with E-state index in [2.05, 4.69) is 15.2 Å². The van der Waals surface area contributed by atoms with Crippen LogP contribution in [0.5, 0.6) is 0 Å². The van der Waals surface area contributed by atoms with Crippen LogP contribution in [-0.4, -0.2) is 63.0 Å². The Hall–Kier alpha value is -4.02. The van der Waals surface area contributed by atoms with Crippen LogP contribution in [0.25, 0.3) is 22.0 Å². The maximum Gasteiger partial charge on any atom is 0.250 e. The minimum absolute atomic E-state index is 0.0640. The molecule has 0 saturated carbocycles. The Bertz CT molecular complexity index is 1510. The summed E-state index contributed by atoms with van der Waals surface area (Å²) < 4.78 is 1.56. The minimum atomic E-state index is -0.327. The summed E-state index contributed by atoms with van der Waals surface area (Å²) in [4.78, 5) is 41.2. The number of aryl methyl sites for hydroxylation is 1. The van der Waals surface area contributed by atoms with Crippen molar-refractivity contribution < 1.29 is 4.79 Å². The van der Waals surface area contributed by atoms with E-state index in [0.717, 1.165) is 27.6 Å². The Morgan fingerprint density at radius 2 is 1.84 bits per heavy atom. The van der Waals surface area contributed by atoms with Crippen molar-refractivity contribution in [3.63, 3.8) is 0 Å². The van der Waals surface area contributed by atoms with Crippen LogP contribution in [0.2, 0.25) is 5.02 Å². The second kappa shape index (κ2) is 10.5. The molecule has 3 aromatic heterocycles. The van der Waals surface area contributed by atoms with Gasteiger partial charge >= 0.3 is 0 Å². The van der Waals surface area contributed by atoms with E-state index in [1.54, 1.807) is 30.1 Å². The molecule has 3 N–H and O–H groups in total. The van der Waals surface area contributed by atoms with Crippen LogP contribution in [0.3, 0.4) is 0 Å². The average molecular weight is 519 g/mol. The summed E-state index contributed by atoms with van der Waals surface area (Å²) in [5.74, 6) is 0.977. The third-order valence-corrected chi connectivity index (χ3v) is 6.57. The summed E-state index contributed by atoms with van der Waals surface area (Å²) in [6, 6.07) is 11.2. The first kappa shape index (κ1) is 24.7. The molecule has 0 atom stereocenters. The SMILES string of the molecule is Cn1cc(-c2ccc3nc(N4CCN(CC(N)=O)CC4)nc(NCc4cncc(Cl)c4)c3c2)ccc1=O. The normalized spacial score (nSPS) is 14.2. The quantitative estimate of drug-likeness (QED) is 0.382. The highest BCUT2D eigenvalue weighted by Crippen LogP contribution is 2.29. The number of benzene rings is 1. The molecule has 1 aromatic carbocycles. The molecule has 5 rings (SSSR count). The number of carbonyl (C=O) groups excluding carboxylic acids is 1. The fourth-order valence-corrected chi connectivity index (χ4v) is 4.60. The number of primary amides is 1. The van der Waals surface area contributed by atoms with E-state index >= 15 is 0 Å². The van der Waals surface area contributed by atoms with Gasteiger partial charge < -0.3 is 20.5 Å². The Balaban J connectivity index is 1.50. The van der Waals surface area contributed by atoms with E-state index in [1.807, 2.05) is 41.4 Å². The molecule has 190 valence electrons. The zero-order valence-corrected chi connectivity index (χ0v) is 21.1. The lowest BCUT2D eigenvalue weighted by Crippen LogP contribution is -2.49. The van der Waals surface area contributed by atoms with E-state index in [4.69, 9.17) is 27.3 Å². The number of pyridine rings is 2. The van der Waals surface area contributed by atoms with Crippen LogP contribution >= 0.6 is 11.6 Å². The molecule has 11 heteroatoms. The van der Waals surface area contributed by atoms with E-state index in [0.29, 0.717) is 49.5 Å². The molecule has 0 unspecified atom stereocenters. The molecule has 0 radical (unpaired) electrons. The van der Waals surface area contributed by atoms with Gasteiger partial charge in [-0.1, -0.05) is 17.7 Å². The molecule has 37 heavy (non-hydrogen) atoms. The lowest BCUT2D eigenvalue weighted by molar-refractivity contribution is -0.119. The highest BCUT2D eigenvalue weighted by atomic mass is 35.5. The number of fused-ring (bicyclic) bond motifs is 1. The summed E-state index contributed by atoms with van der Waals surface area (Å²) in [6.07, 6.45) is 5.17. The number of hydrogen-bond acceptors (Lipinski definition) is 8. The Labute approximate surface area is 218 Å². The number of hydrogen-bond donors (Lipinski definition) is 2. The van der Waals surface area contributed by atoms with E-state index < -0.39 is 0 Å². The summed E-state index contributed by atoms with van der Waals surface area (Å²) in [6.45, 7) is 3.51. The predicted molar refractivity (Wildman–Crippen MR) is 145 cm³/mol. The molecule has 1 aliphatic heterocycles. The van der Waals surface area contributed by atoms with Gasteiger partial charge in [-0.25, -0.2) is 4.98 Å². The first-order valence-electron chi connectivity index (χ1n) is 11.9. The Morgan fingerprint density at radius 3 is 2.57 bits per heavy atom. The number of amides is 1. The molecule has 0 aliphatic carbocycles. The molecular weight excluding hydrogens is 492 g/mol. The molecule has 0 bridgehead atoms. The summed E-state index contributed by atoms with van der Waals surface area (Å²) in [5, 5.41) is 4.87. The van der Waals surface area contributed by atoms with E-state index in [1.165, 1.54) is 0 Å². The highest BCUT2D eigenvalue weighted by Gasteiger charge is 2.21. The van der Waals surface area contributed by atoms with Gasteiger partial charge in [-0.2, -0.15) is 4.98 Å². The van der Waals surface area contributed by atoms with Gasteiger partial charge in [0.25, 0.3) is 0 Å². The summed E-state index contributed by atoms with van der Waals surface area (Å²) in [5.41, 5.74) is 8.88. The number of nitrogens with zero attached hydrogens (tertiary/aromatic N) is 6. The van der Waals surface area contributed by atoms with Crippen molar-refractivity contribution in [2.45, 2.75) is 6.54 Å². The summed E-state index contributed by atoms with van der Waals surface area (Å²) >= 11 is 6.12. The van der Waals surface area contributed by atoms with E-state index in [-0.39, 0.29) is 18.0 Å². The van der Waals surface area contributed by atoms with Crippen LogP contribution in [-0.2, 0) is 18.4 Å². The number of nitrogens with one attached hydrogen (secondary N) is 1. The van der Waals surface area contributed by atoms with Gasteiger partial charge in [0.1, 0.15) is 5.82 Å². The first-order valence-corrected chi connectivity index (χ1v) is 12.3. The van der Waals surface area contributed by atoms with Crippen LogP contribution < -0.4 is 21.5 Å². The molecule has 0 spiro atoms. The molecule has 10 nitrogen and oxygen atoms in total. The van der Waals surface area contributed by atoms with Gasteiger partial charge in [-0.05, 0) is 41.0 Å². The third kappa shape index (κ3) is 5.71. The number of anilines is 2. The molecule has 1 aliphatic rings. The number of carbonyl (C=O) groups is 1. The van der Waals surface area contributed by atoms with Gasteiger partial charge in [0.2, 0.25) is 17.4 Å². The molecule has 4 aromatic rings. The lowest BCUT2D eigenvalue weighted by atomic mass is 10.0.